The number of pyridine rings is 1. The first-order chi connectivity index (χ1) is 9.63. The number of anilines is 1. The molecule has 1 atom stereocenters. The van der Waals surface area contributed by atoms with Crippen LogP contribution in [-0.2, 0) is 4.74 Å². The minimum Gasteiger partial charge on any atom is -0.389 e. The fraction of sp³-hybridized carbons (Fsp3) is 0.308. The molecule has 106 valence electrons. The van der Waals surface area contributed by atoms with Crippen molar-refractivity contribution in [3.8, 4) is 0 Å². The molecule has 0 aliphatic carbocycles. The smallest absolute Gasteiger partial charge is 0.295 e. The number of nitro groups is 1. The number of ether oxygens (including phenoxy) is 1. The van der Waals surface area contributed by atoms with Crippen LogP contribution in [0, 0.1) is 10.1 Å². The lowest BCUT2D eigenvalue weighted by Gasteiger charge is -2.13. The summed E-state index contributed by atoms with van der Waals surface area (Å²) in [5, 5.41) is 24.3. The van der Waals surface area contributed by atoms with Gasteiger partial charge in [-0.25, -0.2) is 4.98 Å². The molecule has 7 heteroatoms. The van der Waals surface area contributed by atoms with Gasteiger partial charge in [0.15, 0.2) is 0 Å². The Morgan fingerprint density at radius 3 is 3.00 bits per heavy atom. The fourth-order valence-electron chi connectivity index (χ4n) is 1.94. The number of nitrogens with zero attached hydrogens (tertiary/aromatic N) is 2. The molecule has 0 saturated carbocycles. The van der Waals surface area contributed by atoms with Gasteiger partial charge in [0, 0.05) is 37.0 Å². The van der Waals surface area contributed by atoms with Crippen molar-refractivity contribution in [3.63, 3.8) is 0 Å². The third-order valence-corrected chi connectivity index (χ3v) is 2.83. The van der Waals surface area contributed by atoms with Gasteiger partial charge in [0.05, 0.1) is 17.6 Å². The number of benzene rings is 1. The molecule has 0 radical (unpaired) electrons. The monoisotopic (exact) mass is 277 g/mol. The van der Waals surface area contributed by atoms with Crippen LogP contribution in [0.25, 0.3) is 10.9 Å². The predicted octanol–water partition coefficient (Wildman–Crippen LogP) is 1.56. The number of methoxy groups -OCH3 is 1. The van der Waals surface area contributed by atoms with Crippen LogP contribution >= 0.6 is 0 Å². The number of hydrogen-bond donors (Lipinski definition) is 2. The van der Waals surface area contributed by atoms with Crippen molar-refractivity contribution in [2.45, 2.75) is 6.10 Å². The van der Waals surface area contributed by atoms with Gasteiger partial charge in [0.1, 0.15) is 5.52 Å². The van der Waals surface area contributed by atoms with Gasteiger partial charge in [-0.3, -0.25) is 10.1 Å². The van der Waals surface area contributed by atoms with E-state index >= 15 is 0 Å². The molecule has 1 aromatic heterocycles. The standard InChI is InChI=1S/C13H15N3O4/c1-20-8-9(17)7-15-11-4-5-12(16(18)19)13-10(11)3-2-6-14-13/h2-6,9,15,17H,7-8H2,1H3. The highest BCUT2D eigenvalue weighted by atomic mass is 16.6. The first-order valence-corrected chi connectivity index (χ1v) is 6.06. The molecule has 0 aliphatic heterocycles. The highest BCUT2D eigenvalue weighted by Gasteiger charge is 2.15. The summed E-state index contributed by atoms with van der Waals surface area (Å²) in [5.74, 6) is 0. The van der Waals surface area contributed by atoms with E-state index in [4.69, 9.17) is 4.74 Å². The Hall–Kier alpha value is -2.25. The zero-order valence-electron chi connectivity index (χ0n) is 10.9. The van der Waals surface area contributed by atoms with Gasteiger partial charge in [-0.05, 0) is 18.2 Å². The summed E-state index contributed by atoms with van der Waals surface area (Å²) < 4.78 is 4.84. The number of nitrogens with one attached hydrogen (secondary N) is 1. The molecule has 0 fully saturated rings. The van der Waals surface area contributed by atoms with Crippen molar-refractivity contribution in [1.82, 2.24) is 4.98 Å². The number of aliphatic hydroxyl groups excluding tert-OH is 1. The van der Waals surface area contributed by atoms with E-state index in [1.54, 1.807) is 18.2 Å². The second kappa shape index (κ2) is 6.27. The van der Waals surface area contributed by atoms with E-state index in [1.807, 2.05) is 0 Å². The van der Waals surface area contributed by atoms with Gasteiger partial charge in [0.2, 0.25) is 0 Å². The van der Waals surface area contributed by atoms with Crippen molar-refractivity contribution in [2.75, 3.05) is 25.6 Å². The lowest BCUT2D eigenvalue weighted by molar-refractivity contribution is -0.383. The molecule has 1 unspecified atom stereocenters. The summed E-state index contributed by atoms with van der Waals surface area (Å²) >= 11 is 0. The summed E-state index contributed by atoms with van der Waals surface area (Å²) in [6, 6.07) is 6.48. The second-order valence-electron chi connectivity index (χ2n) is 4.28. The highest BCUT2D eigenvalue weighted by Crippen LogP contribution is 2.29. The molecule has 2 aromatic rings. The molecule has 0 amide bonds. The molecule has 0 bridgehead atoms. The van der Waals surface area contributed by atoms with Gasteiger partial charge in [0.25, 0.3) is 5.69 Å². The van der Waals surface area contributed by atoms with Crippen LogP contribution in [0.2, 0.25) is 0 Å². The molecule has 0 spiro atoms. The Morgan fingerprint density at radius 2 is 2.30 bits per heavy atom. The SMILES string of the molecule is COCC(O)CNc1ccc([N+](=O)[O-])c2ncccc12. The number of rotatable bonds is 6. The van der Waals surface area contributed by atoms with Crippen molar-refractivity contribution >= 4 is 22.3 Å². The first-order valence-electron chi connectivity index (χ1n) is 6.06. The van der Waals surface area contributed by atoms with Crippen LogP contribution in [0.5, 0.6) is 0 Å². The largest absolute Gasteiger partial charge is 0.389 e. The summed E-state index contributed by atoms with van der Waals surface area (Å²) in [6.45, 7) is 0.506. The first kappa shape index (κ1) is 14.2. The van der Waals surface area contributed by atoms with Crippen LogP contribution in [0.1, 0.15) is 0 Å². The van der Waals surface area contributed by atoms with Gasteiger partial charge < -0.3 is 15.2 Å². The number of aliphatic hydroxyl groups is 1. The summed E-state index contributed by atoms with van der Waals surface area (Å²) in [6.07, 6.45) is 0.862. The maximum Gasteiger partial charge on any atom is 0.295 e. The summed E-state index contributed by atoms with van der Waals surface area (Å²) in [7, 11) is 1.51. The van der Waals surface area contributed by atoms with Crippen molar-refractivity contribution in [3.05, 3.63) is 40.6 Å². The third kappa shape index (κ3) is 3.01. The van der Waals surface area contributed by atoms with Crippen LogP contribution < -0.4 is 5.32 Å². The third-order valence-electron chi connectivity index (χ3n) is 2.83. The Kier molecular flexibility index (Phi) is 4.44. The van der Waals surface area contributed by atoms with Crippen LogP contribution in [0.15, 0.2) is 30.5 Å². The van der Waals surface area contributed by atoms with E-state index in [2.05, 4.69) is 10.3 Å². The highest BCUT2D eigenvalue weighted by molar-refractivity contribution is 5.96. The molecule has 7 nitrogen and oxygen atoms in total. The van der Waals surface area contributed by atoms with Crippen LogP contribution in [0.4, 0.5) is 11.4 Å². The number of nitro benzene ring substituents is 1. The van der Waals surface area contributed by atoms with Crippen molar-refractivity contribution in [1.29, 1.82) is 0 Å². The molecular weight excluding hydrogens is 262 g/mol. The van der Waals surface area contributed by atoms with Crippen molar-refractivity contribution in [2.24, 2.45) is 0 Å². The topological polar surface area (TPSA) is 97.5 Å². The Balaban J connectivity index is 2.31. The number of hydrogen-bond acceptors (Lipinski definition) is 6. The quantitative estimate of drug-likeness (QED) is 0.614. The van der Waals surface area contributed by atoms with Crippen LogP contribution in [-0.4, -0.2) is 41.4 Å². The van der Waals surface area contributed by atoms with E-state index in [0.717, 1.165) is 0 Å². The molecule has 2 N–H and O–H groups in total. The maximum absolute atomic E-state index is 11.0. The summed E-state index contributed by atoms with van der Waals surface area (Å²) in [5.41, 5.74) is 0.973. The Bertz CT molecular complexity index is 618. The number of non-ortho nitro benzene ring substituents is 1. The number of fused-ring (bicyclic) bond motifs is 1. The van der Waals surface area contributed by atoms with Crippen LogP contribution in [0.3, 0.4) is 0 Å². The zero-order valence-corrected chi connectivity index (χ0v) is 10.9. The van der Waals surface area contributed by atoms with Gasteiger partial charge >= 0.3 is 0 Å². The van der Waals surface area contributed by atoms with E-state index in [-0.39, 0.29) is 18.8 Å². The van der Waals surface area contributed by atoms with Crippen molar-refractivity contribution < 1.29 is 14.8 Å². The molecular formula is C13H15N3O4. The Morgan fingerprint density at radius 1 is 1.50 bits per heavy atom. The fourth-order valence-corrected chi connectivity index (χ4v) is 1.94. The average molecular weight is 277 g/mol. The normalized spacial score (nSPS) is 12.3. The minimum atomic E-state index is -0.651. The van der Waals surface area contributed by atoms with Gasteiger partial charge in [-0.2, -0.15) is 0 Å². The lowest BCUT2D eigenvalue weighted by Crippen LogP contribution is -2.24. The summed E-state index contributed by atoms with van der Waals surface area (Å²) in [4.78, 5) is 14.6. The molecule has 0 aliphatic rings. The molecule has 20 heavy (non-hydrogen) atoms. The van der Waals surface area contributed by atoms with Gasteiger partial charge in [-0.1, -0.05) is 0 Å². The zero-order chi connectivity index (χ0) is 14.5. The average Bonchev–Trinajstić information content (AvgIpc) is 2.44. The van der Waals surface area contributed by atoms with E-state index in [0.29, 0.717) is 16.6 Å². The Labute approximate surface area is 115 Å². The predicted molar refractivity (Wildman–Crippen MR) is 74.8 cm³/mol. The maximum atomic E-state index is 11.0. The van der Waals surface area contributed by atoms with Gasteiger partial charge in [-0.15, -0.1) is 0 Å². The number of aromatic nitrogens is 1. The lowest BCUT2D eigenvalue weighted by atomic mass is 10.1. The molecule has 2 rings (SSSR count). The van der Waals surface area contributed by atoms with E-state index in [9.17, 15) is 15.2 Å². The molecule has 1 aromatic carbocycles. The second-order valence-corrected chi connectivity index (χ2v) is 4.28. The van der Waals surface area contributed by atoms with E-state index < -0.39 is 11.0 Å². The molecule has 0 saturated heterocycles. The van der Waals surface area contributed by atoms with E-state index in [1.165, 1.54) is 19.4 Å². The minimum absolute atomic E-state index is 0.0383. The molecule has 1 heterocycles.